The Labute approximate surface area is 157 Å². The van der Waals surface area contributed by atoms with Gasteiger partial charge in [0.2, 0.25) is 11.1 Å². The lowest BCUT2D eigenvalue weighted by molar-refractivity contribution is -0.128. The van der Waals surface area contributed by atoms with Gasteiger partial charge in [0.15, 0.2) is 0 Å². The first-order valence-corrected chi connectivity index (χ1v) is 10.3. The van der Waals surface area contributed by atoms with Gasteiger partial charge in [-0.15, -0.1) is 5.10 Å². The van der Waals surface area contributed by atoms with Crippen LogP contribution >= 0.6 is 11.8 Å². The molecule has 0 unspecified atom stereocenters. The van der Waals surface area contributed by atoms with Crippen molar-refractivity contribution in [3.05, 3.63) is 30.2 Å². The first-order valence-electron chi connectivity index (χ1n) is 9.28. The summed E-state index contributed by atoms with van der Waals surface area (Å²) in [5.41, 5.74) is 0. The van der Waals surface area contributed by atoms with Crippen LogP contribution in [0, 0.1) is 0 Å². The highest BCUT2D eigenvalue weighted by molar-refractivity contribution is 7.99. The maximum atomic E-state index is 12.5. The number of nitrogens with zero attached hydrogens (tertiary/aromatic N) is 5. The van der Waals surface area contributed by atoms with E-state index in [0.717, 1.165) is 37.8 Å². The molecule has 1 saturated carbocycles. The standard InChI is InChI=1S/C18H24N6OS/c25-16(13-26-18-20-17(21-22-18)14-5-1-2-6-14)24-11-9-23(10-12-24)15-7-3-4-8-19-15/h3-4,7-8,14H,1-2,5-6,9-13H2,(H,20,21,22). The molecule has 2 aromatic heterocycles. The minimum atomic E-state index is 0.155. The third-order valence-electron chi connectivity index (χ3n) is 5.15. The predicted octanol–water partition coefficient (Wildman–Crippen LogP) is 2.30. The number of anilines is 1. The number of piperazine rings is 1. The fraction of sp³-hybridized carbons (Fsp3) is 0.556. The van der Waals surface area contributed by atoms with E-state index in [2.05, 4.69) is 25.1 Å². The Kier molecular flexibility index (Phi) is 5.38. The van der Waals surface area contributed by atoms with Crippen LogP contribution in [0.3, 0.4) is 0 Å². The Hall–Kier alpha value is -2.09. The zero-order chi connectivity index (χ0) is 17.8. The first kappa shape index (κ1) is 17.3. The molecule has 0 aromatic carbocycles. The van der Waals surface area contributed by atoms with Gasteiger partial charge < -0.3 is 9.80 Å². The Morgan fingerprint density at radius 2 is 2.00 bits per heavy atom. The van der Waals surface area contributed by atoms with Gasteiger partial charge >= 0.3 is 0 Å². The molecular weight excluding hydrogens is 348 g/mol. The van der Waals surface area contributed by atoms with Gasteiger partial charge in [0.25, 0.3) is 0 Å². The van der Waals surface area contributed by atoms with Crippen molar-refractivity contribution in [2.45, 2.75) is 36.8 Å². The van der Waals surface area contributed by atoms with E-state index in [1.54, 1.807) is 6.20 Å². The van der Waals surface area contributed by atoms with Crippen molar-refractivity contribution in [2.75, 3.05) is 36.8 Å². The summed E-state index contributed by atoms with van der Waals surface area (Å²) in [5.74, 6) is 3.04. The Morgan fingerprint density at radius 1 is 1.19 bits per heavy atom. The number of aromatic nitrogens is 4. The molecule has 7 nitrogen and oxygen atoms in total. The summed E-state index contributed by atoms with van der Waals surface area (Å²) in [6.45, 7) is 3.11. The number of rotatable bonds is 5. The fourth-order valence-electron chi connectivity index (χ4n) is 3.65. The summed E-state index contributed by atoms with van der Waals surface area (Å²) in [4.78, 5) is 25.6. The molecule has 1 aliphatic heterocycles. The van der Waals surface area contributed by atoms with Crippen LogP contribution in [0.1, 0.15) is 37.4 Å². The van der Waals surface area contributed by atoms with Crippen LogP contribution in [0.4, 0.5) is 5.82 Å². The molecular formula is C18H24N6OS. The van der Waals surface area contributed by atoms with E-state index in [1.807, 2.05) is 23.1 Å². The summed E-state index contributed by atoms with van der Waals surface area (Å²) in [6.07, 6.45) is 6.74. The molecule has 138 valence electrons. The van der Waals surface area contributed by atoms with Crippen LogP contribution in [-0.4, -0.2) is 62.9 Å². The lowest BCUT2D eigenvalue weighted by Gasteiger charge is -2.35. The van der Waals surface area contributed by atoms with E-state index in [1.165, 1.54) is 37.4 Å². The van der Waals surface area contributed by atoms with Gasteiger partial charge in [0.05, 0.1) is 5.75 Å². The predicted molar refractivity (Wildman–Crippen MR) is 101 cm³/mol. The quantitative estimate of drug-likeness (QED) is 0.812. The maximum Gasteiger partial charge on any atom is 0.233 e. The number of hydrogen-bond acceptors (Lipinski definition) is 6. The van der Waals surface area contributed by atoms with Crippen LogP contribution in [0.2, 0.25) is 0 Å². The second kappa shape index (κ2) is 8.07. The minimum absolute atomic E-state index is 0.155. The van der Waals surface area contributed by atoms with E-state index in [-0.39, 0.29) is 5.91 Å². The van der Waals surface area contributed by atoms with Gasteiger partial charge in [0.1, 0.15) is 11.6 Å². The molecule has 0 atom stereocenters. The molecule has 2 fully saturated rings. The number of thioether (sulfide) groups is 1. The normalized spacial score (nSPS) is 18.5. The van der Waals surface area contributed by atoms with Crippen LogP contribution < -0.4 is 4.90 Å². The summed E-state index contributed by atoms with van der Waals surface area (Å²) in [5, 5.41) is 8.01. The van der Waals surface area contributed by atoms with Crippen molar-refractivity contribution in [1.29, 1.82) is 0 Å². The Morgan fingerprint density at radius 3 is 2.73 bits per heavy atom. The van der Waals surface area contributed by atoms with Crippen molar-refractivity contribution in [3.8, 4) is 0 Å². The van der Waals surface area contributed by atoms with Crippen LogP contribution in [0.5, 0.6) is 0 Å². The second-order valence-electron chi connectivity index (χ2n) is 6.83. The highest BCUT2D eigenvalue weighted by Gasteiger charge is 2.23. The van der Waals surface area contributed by atoms with Gasteiger partial charge in [-0.05, 0) is 25.0 Å². The van der Waals surface area contributed by atoms with Gasteiger partial charge in [-0.25, -0.2) is 9.97 Å². The fourth-order valence-corrected chi connectivity index (χ4v) is 4.36. The van der Waals surface area contributed by atoms with Gasteiger partial charge in [-0.2, -0.15) is 0 Å². The highest BCUT2D eigenvalue weighted by Crippen LogP contribution is 2.32. The Bertz CT molecular complexity index is 722. The Balaban J connectivity index is 1.24. The van der Waals surface area contributed by atoms with Crippen molar-refractivity contribution in [3.63, 3.8) is 0 Å². The van der Waals surface area contributed by atoms with E-state index < -0.39 is 0 Å². The van der Waals surface area contributed by atoms with Crippen LogP contribution in [-0.2, 0) is 4.79 Å². The molecule has 0 bridgehead atoms. The number of carbonyl (C=O) groups is 1. The molecule has 1 saturated heterocycles. The van der Waals surface area contributed by atoms with E-state index in [4.69, 9.17) is 0 Å². The van der Waals surface area contributed by atoms with E-state index in [9.17, 15) is 4.79 Å². The number of aromatic amines is 1. The maximum absolute atomic E-state index is 12.5. The van der Waals surface area contributed by atoms with Crippen LogP contribution in [0.25, 0.3) is 0 Å². The summed E-state index contributed by atoms with van der Waals surface area (Å²) >= 11 is 1.43. The number of H-pyrrole nitrogens is 1. The summed E-state index contributed by atoms with van der Waals surface area (Å²) in [6, 6.07) is 5.92. The molecule has 3 heterocycles. The molecule has 8 heteroatoms. The average Bonchev–Trinajstić information content (AvgIpc) is 3.38. The molecule has 1 amide bonds. The molecule has 2 aromatic rings. The zero-order valence-electron chi connectivity index (χ0n) is 14.8. The zero-order valence-corrected chi connectivity index (χ0v) is 15.6. The first-order chi connectivity index (χ1) is 12.8. The highest BCUT2D eigenvalue weighted by atomic mass is 32.2. The topological polar surface area (TPSA) is 78.0 Å². The molecule has 26 heavy (non-hydrogen) atoms. The minimum Gasteiger partial charge on any atom is -0.353 e. The average molecular weight is 372 g/mol. The van der Waals surface area contributed by atoms with Crippen molar-refractivity contribution in [2.24, 2.45) is 0 Å². The van der Waals surface area contributed by atoms with Crippen molar-refractivity contribution < 1.29 is 4.79 Å². The third-order valence-corrected chi connectivity index (χ3v) is 5.99. The lowest BCUT2D eigenvalue weighted by Crippen LogP contribution is -2.49. The third kappa shape index (κ3) is 4.00. The van der Waals surface area contributed by atoms with Crippen LogP contribution in [0.15, 0.2) is 29.6 Å². The number of nitrogens with one attached hydrogen (secondary N) is 1. The molecule has 0 spiro atoms. The number of hydrogen-bond donors (Lipinski definition) is 1. The van der Waals surface area contributed by atoms with E-state index in [0.29, 0.717) is 16.8 Å². The molecule has 2 aliphatic rings. The molecule has 1 N–H and O–H groups in total. The van der Waals surface area contributed by atoms with Crippen molar-refractivity contribution >= 4 is 23.5 Å². The summed E-state index contributed by atoms with van der Waals surface area (Å²) in [7, 11) is 0. The number of amides is 1. The number of carbonyl (C=O) groups excluding carboxylic acids is 1. The molecule has 4 rings (SSSR count). The smallest absolute Gasteiger partial charge is 0.233 e. The monoisotopic (exact) mass is 372 g/mol. The van der Waals surface area contributed by atoms with Crippen molar-refractivity contribution in [1.82, 2.24) is 25.1 Å². The second-order valence-corrected chi connectivity index (χ2v) is 7.77. The van der Waals surface area contributed by atoms with Gasteiger partial charge in [-0.1, -0.05) is 30.7 Å². The largest absolute Gasteiger partial charge is 0.353 e. The lowest BCUT2D eigenvalue weighted by atomic mass is 10.1. The SMILES string of the molecule is O=C(CSc1n[nH]c(C2CCCC2)n1)N1CCN(c2ccccn2)CC1. The number of pyridine rings is 1. The van der Waals surface area contributed by atoms with E-state index >= 15 is 0 Å². The molecule has 1 aliphatic carbocycles. The van der Waals surface area contributed by atoms with Gasteiger partial charge in [-0.3, -0.25) is 9.89 Å². The van der Waals surface area contributed by atoms with Gasteiger partial charge in [0, 0.05) is 38.3 Å². The molecule has 0 radical (unpaired) electrons. The summed E-state index contributed by atoms with van der Waals surface area (Å²) < 4.78 is 0.